The average molecular weight is 449 g/mol. The lowest BCUT2D eigenvalue weighted by molar-refractivity contribution is 1.11. The normalized spacial score (nSPS) is 12.0. The van der Waals surface area contributed by atoms with Crippen LogP contribution in [0.5, 0.6) is 0 Å². The van der Waals surface area contributed by atoms with Crippen molar-refractivity contribution in [2.75, 3.05) is 0 Å². The first-order valence-corrected chi connectivity index (χ1v) is 11.8. The topological polar surface area (TPSA) is 38.0 Å². The van der Waals surface area contributed by atoms with Crippen molar-refractivity contribution in [2.45, 2.75) is 0 Å². The Labute approximate surface area is 200 Å². The molecular weight excluding hydrogens is 428 g/mol. The van der Waals surface area contributed by atoms with E-state index in [1.807, 2.05) is 6.07 Å². The molecule has 0 aliphatic heterocycles. The van der Waals surface area contributed by atoms with Crippen LogP contribution in [0.1, 0.15) is 0 Å². The van der Waals surface area contributed by atoms with E-state index in [9.17, 15) is 0 Å². The molecule has 0 unspecified atom stereocenters. The summed E-state index contributed by atoms with van der Waals surface area (Å²) in [5.74, 6) is 0.926. The van der Waals surface area contributed by atoms with Gasteiger partial charge in [0, 0.05) is 27.5 Å². The molecule has 0 aliphatic rings. The number of fused-ring (bicyclic) bond motifs is 8. The lowest BCUT2D eigenvalue weighted by atomic mass is 9.99. The molecule has 164 valence electrons. The zero-order valence-corrected chi connectivity index (χ0v) is 18.8. The van der Waals surface area contributed by atoms with E-state index in [2.05, 4.69) is 123 Å². The van der Waals surface area contributed by atoms with E-state index in [0.29, 0.717) is 0 Å². The number of aromatic nitrogens is 4. The summed E-state index contributed by atoms with van der Waals surface area (Å²) >= 11 is 0. The summed E-state index contributed by atoms with van der Waals surface area (Å²) in [4.78, 5) is 8.62. The average Bonchev–Trinajstić information content (AvgIpc) is 3.57. The molecule has 3 heterocycles. The molecule has 0 spiro atoms. The molecule has 1 N–H and O–H groups in total. The second kappa shape index (κ2) is 6.84. The minimum atomic E-state index is 0.926. The van der Waals surface area contributed by atoms with Gasteiger partial charge in [0.1, 0.15) is 0 Å². The molecule has 0 fully saturated rings. The Kier molecular flexibility index (Phi) is 3.63. The number of rotatable bonds is 2. The predicted molar refractivity (Wildman–Crippen MR) is 144 cm³/mol. The maximum Gasteiger partial charge on any atom is 0.220 e. The van der Waals surface area contributed by atoms with E-state index in [0.717, 1.165) is 44.6 Å². The summed E-state index contributed by atoms with van der Waals surface area (Å²) in [6, 6.07) is 40.7. The third kappa shape index (κ3) is 2.53. The van der Waals surface area contributed by atoms with Gasteiger partial charge in [-0.1, -0.05) is 66.7 Å². The van der Waals surface area contributed by atoms with Crippen LogP contribution >= 0.6 is 0 Å². The van der Waals surface area contributed by atoms with E-state index >= 15 is 0 Å². The van der Waals surface area contributed by atoms with Crippen molar-refractivity contribution < 1.29 is 0 Å². The highest BCUT2D eigenvalue weighted by atomic mass is 15.2. The number of benzene rings is 5. The van der Waals surface area contributed by atoms with Crippen LogP contribution in [0, 0.1) is 0 Å². The van der Waals surface area contributed by atoms with Crippen molar-refractivity contribution in [1.82, 2.24) is 18.9 Å². The van der Waals surface area contributed by atoms with E-state index < -0.39 is 0 Å². The fraction of sp³-hybridized carbons (Fsp3) is 0. The Morgan fingerprint density at radius 2 is 1.40 bits per heavy atom. The van der Waals surface area contributed by atoms with Crippen molar-refractivity contribution in [3.63, 3.8) is 0 Å². The molecule has 3 aromatic heterocycles. The Balaban J connectivity index is 1.50. The Morgan fingerprint density at radius 1 is 0.600 bits per heavy atom. The number of nitrogens with zero attached hydrogens (tertiary/aromatic N) is 3. The summed E-state index contributed by atoms with van der Waals surface area (Å²) < 4.78 is 4.54. The number of hydrogen-bond donors (Lipinski definition) is 1. The number of H-pyrrole nitrogens is 1. The van der Waals surface area contributed by atoms with E-state index in [1.165, 1.54) is 21.9 Å². The largest absolute Gasteiger partial charge is 0.354 e. The third-order valence-electron chi connectivity index (χ3n) is 7.06. The van der Waals surface area contributed by atoms with Gasteiger partial charge in [-0.15, -0.1) is 0 Å². The van der Waals surface area contributed by atoms with Gasteiger partial charge in [0.2, 0.25) is 5.78 Å². The predicted octanol–water partition coefficient (Wildman–Crippen LogP) is 7.73. The maximum atomic E-state index is 5.03. The summed E-state index contributed by atoms with van der Waals surface area (Å²) in [7, 11) is 0. The van der Waals surface area contributed by atoms with E-state index in [-0.39, 0.29) is 0 Å². The van der Waals surface area contributed by atoms with Crippen molar-refractivity contribution >= 4 is 49.7 Å². The number of aromatic amines is 1. The molecule has 5 aromatic carbocycles. The fourth-order valence-corrected chi connectivity index (χ4v) is 5.54. The molecular formula is C31H20N4. The van der Waals surface area contributed by atoms with Gasteiger partial charge in [0.25, 0.3) is 0 Å². The van der Waals surface area contributed by atoms with Crippen LogP contribution in [0.2, 0.25) is 0 Å². The molecule has 0 radical (unpaired) electrons. The van der Waals surface area contributed by atoms with E-state index in [1.54, 1.807) is 0 Å². The Bertz CT molecular complexity index is 2050. The maximum absolute atomic E-state index is 5.03. The molecule has 0 saturated heterocycles. The monoisotopic (exact) mass is 448 g/mol. The molecule has 4 heteroatoms. The quantitative estimate of drug-likeness (QED) is 0.289. The number of para-hydroxylation sites is 4. The first-order chi connectivity index (χ1) is 17.4. The van der Waals surface area contributed by atoms with Gasteiger partial charge in [-0.05, 0) is 59.7 Å². The van der Waals surface area contributed by atoms with Gasteiger partial charge in [-0.3, -0.25) is 8.97 Å². The van der Waals surface area contributed by atoms with Gasteiger partial charge in [0.05, 0.1) is 22.1 Å². The zero-order valence-electron chi connectivity index (χ0n) is 18.8. The zero-order chi connectivity index (χ0) is 22.9. The summed E-state index contributed by atoms with van der Waals surface area (Å²) in [6.45, 7) is 0. The Morgan fingerprint density at radius 3 is 2.34 bits per heavy atom. The lowest BCUT2D eigenvalue weighted by Crippen LogP contribution is -1.94. The van der Waals surface area contributed by atoms with Crippen molar-refractivity contribution in [3.05, 3.63) is 115 Å². The number of imidazole rings is 2. The fourth-order valence-electron chi connectivity index (χ4n) is 5.54. The van der Waals surface area contributed by atoms with Gasteiger partial charge < -0.3 is 4.98 Å². The van der Waals surface area contributed by atoms with Crippen molar-refractivity contribution in [3.8, 4) is 16.8 Å². The Hall–Kier alpha value is -4.83. The van der Waals surface area contributed by atoms with Crippen LogP contribution < -0.4 is 0 Å². The summed E-state index contributed by atoms with van der Waals surface area (Å²) in [5.41, 5.74) is 10.2. The van der Waals surface area contributed by atoms with Gasteiger partial charge >= 0.3 is 0 Å². The van der Waals surface area contributed by atoms with Crippen LogP contribution in [0.4, 0.5) is 0 Å². The molecule has 0 amide bonds. The smallest absolute Gasteiger partial charge is 0.220 e. The highest BCUT2D eigenvalue weighted by molar-refractivity contribution is 6.14. The minimum absolute atomic E-state index is 0.926. The van der Waals surface area contributed by atoms with Crippen LogP contribution in [0.25, 0.3) is 66.5 Å². The van der Waals surface area contributed by atoms with Gasteiger partial charge in [-0.2, -0.15) is 0 Å². The van der Waals surface area contributed by atoms with E-state index in [4.69, 9.17) is 4.98 Å². The molecule has 35 heavy (non-hydrogen) atoms. The molecule has 0 aliphatic carbocycles. The SMILES string of the molecule is c1ccc(-n2c3ccc(-c4cccc5[nH]c6ccccc6c45)cc3n3c4ccccc4nc23)cc1. The second-order valence-electron chi connectivity index (χ2n) is 9.01. The number of hydrogen-bond acceptors (Lipinski definition) is 1. The number of nitrogens with one attached hydrogen (secondary N) is 1. The molecule has 8 rings (SSSR count). The summed E-state index contributed by atoms with van der Waals surface area (Å²) in [6.07, 6.45) is 0. The molecule has 0 atom stereocenters. The highest BCUT2D eigenvalue weighted by Crippen LogP contribution is 2.37. The lowest BCUT2D eigenvalue weighted by Gasteiger charge is -2.07. The molecule has 0 saturated carbocycles. The second-order valence-corrected chi connectivity index (χ2v) is 9.01. The first-order valence-electron chi connectivity index (χ1n) is 11.8. The standard InChI is InChI=1S/C31H20N4/c1-2-9-21(10-3-1)34-28-18-17-20(19-29(28)35-27-16-7-6-14-25(27)33-31(34)35)22-12-8-15-26-30(22)23-11-4-5-13-24(23)32-26/h1-19,32H. The highest BCUT2D eigenvalue weighted by Gasteiger charge is 2.18. The van der Waals surface area contributed by atoms with Crippen LogP contribution in [0.3, 0.4) is 0 Å². The van der Waals surface area contributed by atoms with Gasteiger partial charge in [-0.25, -0.2) is 4.98 Å². The summed E-state index contributed by atoms with van der Waals surface area (Å²) in [5, 5.41) is 2.51. The van der Waals surface area contributed by atoms with Gasteiger partial charge in [0.15, 0.2) is 0 Å². The van der Waals surface area contributed by atoms with Crippen LogP contribution in [-0.4, -0.2) is 18.9 Å². The van der Waals surface area contributed by atoms with Crippen LogP contribution in [-0.2, 0) is 0 Å². The first kappa shape index (κ1) is 18.6. The molecule has 8 aromatic rings. The van der Waals surface area contributed by atoms with Crippen LogP contribution in [0.15, 0.2) is 115 Å². The van der Waals surface area contributed by atoms with Crippen molar-refractivity contribution in [2.24, 2.45) is 0 Å². The molecule has 0 bridgehead atoms. The third-order valence-corrected chi connectivity index (χ3v) is 7.06. The van der Waals surface area contributed by atoms with Crippen molar-refractivity contribution in [1.29, 1.82) is 0 Å². The minimum Gasteiger partial charge on any atom is -0.354 e. The molecule has 4 nitrogen and oxygen atoms in total.